The van der Waals surface area contributed by atoms with E-state index in [4.69, 9.17) is 9.15 Å². The van der Waals surface area contributed by atoms with Gasteiger partial charge >= 0.3 is 11.7 Å². The molecule has 1 amide bonds. The monoisotopic (exact) mass is 439 g/mol. The first-order chi connectivity index (χ1) is 15.9. The van der Waals surface area contributed by atoms with Crippen LogP contribution in [-0.2, 0) is 0 Å². The molecular formula is C26H21N3O4. The number of hydrogen-bond acceptors (Lipinski definition) is 5. The highest BCUT2D eigenvalue weighted by atomic mass is 16.6. The second kappa shape index (κ2) is 7.94. The summed E-state index contributed by atoms with van der Waals surface area (Å²) >= 11 is 0. The van der Waals surface area contributed by atoms with Crippen molar-refractivity contribution in [3.63, 3.8) is 0 Å². The van der Waals surface area contributed by atoms with E-state index in [1.807, 2.05) is 39.0 Å². The molecule has 0 bridgehead atoms. The van der Waals surface area contributed by atoms with Gasteiger partial charge in [-0.3, -0.25) is 5.32 Å². The molecule has 7 heteroatoms. The Hall–Kier alpha value is -4.39. The normalized spacial score (nSPS) is 11.1. The number of nitrogens with zero attached hydrogens (tertiary/aromatic N) is 1. The second-order valence-corrected chi connectivity index (χ2v) is 8.01. The van der Waals surface area contributed by atoms with Crippen LogP contribution in [0.15, 0.2) is 69.9 Å². The molecule has 0 saturated heterocycles. The lowest BCUT2D eigenvalue weighted by Crippen LogP contribution is -2.16. The summed E-state index contributed by atoms with van der Waals surface area (Å²) in [5.74, 6) is 1.15. The van der Waals surface area contributed by atoms with E-state index in [2.05, 4.69) is 15.3 Å². The van der Waals surface area contributed by atoms with Crippen LogP contribution in [0, 0.1) is 20.8 Å². The molecule has 0 fully saturated rings. The SMILES string of the molecule is Cc1cccc(C)c1-c1nc2ccc(OC(=O)Nc3ccc4c(C)cc(=O)oc4c3)cc2[nH]1. The number of ether oxygens (including phenoxy) is 1. The minimum atomic E-state index is -0.654. The summed E-state index contributed by atoms with van der Waals surface area (Å²) in [6, 6.07) is 17.9. The lowest BCUT2D eigenvalue weighted by atomic mass is 10.0. The van der Waals surface area contributed by atoms with Gasteiger partial charge in [-0.2, -0.15) is 0 Å². The molecule has 2 N–H and O–H groups in total. The van der Waals surface area contributed by atoms with Crippen molar-refractivity contribution in [1.29, 1.82) is 0 Å². The maximum absolute atomic E-state index is 12.5. The van der Waals surface area contributed by atoms with Gasteiger partial charge in [-0.1, -0.05) is 18.2 Å². The number of aromatic amines is 1. The average molecular weight is 439 g/mol. The number of amides is 1. The first kappa shape index (κ1) is 20.5. The van der Waals surface area contributed by atoms with Crippen LogP contribution in [-0.4, -0.2) is 16.1 Å². The third-order valence-corrected chi connectivity index (χ3v) is 5.58. The van der Waals surface area contributed by atoms with E-state index in [0.29, 0.717) is 17.0 Å². The molecular weight excluding hydrogens is 418 g/mol. The van der Waals surface area contributed by atoms with Crippen molar-refractivity contribution in [2.45, 2.75) is 20.8 Å². The van der Waals surface area contributed by atoms with Gasteiger partial charge in [-0.15, -0.1) is 0 Å². The smallest absolute Gasteiger partial charge is 0.417 e. The Labute approximate surface area is 189 Å². The van der Waals surface area contributed by atoms with Gasteiger partial charge in [0.25, 0.3) is 0 Å². The van der Waals surface area contributed by atoms with E-state index >= 15 is 0 Å². The van der Waals surface area contributed by atoms with Gasteiger partial charge in [-0.05, 0) is 61.7 Å². The minimum Gasteiger partial charge on any atom is -0.423 e. The Morgan fingerprint density at radius 3 is 2.55 bits per heavy atom. The lowest BCUT2D eigenvalue weighted by molar-refractivity contribution is 0.215. The van der Waals surface area contributed by atoms with E-state index in [0.717, 1.165) is 44.5 Å². The maximum Gasteiger partial charge on any atom is 0.417 e. The highest BCUT2D eigenvalue weighted by Gasteiger charge is 2.13. The summed E-state index contributed by atoms with van der Waals surface area (Å²) < 4.78 is 10.7. The molecule has 0 aliphatic rings. The van der Waals surface area contributed by atoms with Crippen molar-refractivity contribution in [2.24, 2.45) is 0 Å². The molecule has 33 heavy (non-hydrogen) atoms. The van der Waals surface area contributed by atoms with Gasteiger partial charge in [0.2, 0.25) is 0 Å². The van der Waals surface area contributed by atoms with Gasteiger partial charge in [0.05, 0.1) is 11.0 Å². The number of aryl methyl sites for hydroxylation is 3. The molecule has 0 radical (unpaired) electrons. The molecule has 164 valence electrons. The molecule has 2 heterocycles. The van der Waals surface area contributed by atoms with Gasteiger partial charge in [0, 0.05) is 34.8 Å². The van der Waals surface area contributed by atoms with Crippen molar-refractivity contribution < 1.29 is 13.9 Å². The predicted molar refractivity (Wildman–Crippen MR) is 128 cm³/mol. The van der Waals surface area contributed by atoms with Crippen molar-refractivity contribution in [3.05, 3.63) is 87.8 Å². The number of imidazole rings is 1. The average Bonchev–Trinajstić information content (AvgIpc) is 3.16. The van der Waals surface area contributed by atoms with Crippen LogP contribution in [0.1, 0.15) is 16.7 Å². The van der Waals surface area contributed by atoms with Crippen LogP contribution < -0.4 is 15.7 Å². The number of aromatic nitrogens is 2. The number of benzene rings is 3. The summed E-state index contributed by atoms with van der Waals surface area (Å²) in [6.07, 6.45) is -0.654. The van der Waals surface area contributed by atoms with E-state index in [9.17, 15) is 9.59 Å². The lowest BCUT2D eigenvalue weighted by Gasteiger charge is -2.08. The molecule has 0 saturated carbocycles. The highest BCUT2D eigenvalue weighted by molar-refractivity contribution is 5.91. The number of nitrogens with one attached hydrogen (secondary N) is 2. The topological polar surface area (TPSA) is 97.2 Å². The zero-order valence-corrected chi connectivity index (χ0v) is 18.4. The molecule has 7 nitrogen and oxygen atoms in total. The summed E-state index contributed by atoms with van der Waals surface area (Å²) in [5, 5.41) is 3.47. The fourth-order valence-electron chi connectivity index (χ4n) is 4.01. The van der Waals surface area contributed by atoms with Crippen molar-refractivity contribution in [3.8, 4) is 17.1 Å². The summed E-state index contributed by atoms with van der Waals surface area (Å²) in [4.78, 5) is 32.1. The van der Waals surface area contributed by atoms with Crippen molar-refractivity contribution >= 4 is 33.8 Å². The highest BCUT2D eigenvalue weighted by Crippen LogP contribution is 2.28. The number of hydrogen-bond donors (Lipinski definition) is 2. The number of fused-ring (bicyclic) bond motifs is 2. The fourth-order valence-corrected chi connectivity index (χ4v) is 4.01. The van der Waals surface area contributed by atoms with Crippen LogP contribution in [0.2, 0.25) is 0 Å². The third kappa shape index (κ3) is 3.96. The molecule has 3 aromatic carbocycles. The molecule has 2 aromatic heterocycles. The molecule has 0 unspecified atom stereocenters. The van der Waals surface area contributed by atoms with Crippen LogP contribution in [0.3, 0.4) is 0 Å². The third-order valence-electron chi connectivity index (χ3n) is 5.58. The molecule has 0 aliphatic carbocycles. The van der Waals surface area contributed by atoms with E-state index < -0.39 is 11.7 Å². The van der Waals surface area contributed by atoms with Gasteiger partial charge in [0.15, 0.2) is 0 Å². The number of carbonyl (C=O) groups is 1. The predicted octanol–water partition coefficient (Wildman–Crippen LogP) is 5.87. The fraction of sp³-hybridized carbons (Fsp3) is 0.115. The molecule has 0 spiro atoms. The van der Waals surface area contributed by atoms with E-state index in [-0.39, 0.29) is 0 Å². The first-order valence-corrected chi connectivity index (χ1v) is 10.5. The summed E-state index contributed by atoms with van der Waals surface area (Å²) in [5.41, 5.74) is 6.10. The number of anilines is 1. The van der Waals surface area contributed by atoms with E-state index in [1.54, 1.807) is 36.4 Å². The standard InChI is InChI=1S/C26H21N3O4/c1-14-5-4-6-15(2)24(14)25-28-20-10-8-18(13-21(20)29-25)32-26(31)27-17-7-9-19-16(3)11-23(30)33-22(19)12-17/h4-13H,1-3H3,(H,27,31)(H,28,29). The molecule has 0 aliphatic heterocycles. The van der Waals surface area contributed by atoms with Crippen molar-refractivity contribution in [1.82, 2.24) is 9.97 Å². The summed E-state index contributed by atoms with van der Waals surface area (Å²) in [6.45, 7) is 5.93. The first-order valence-electron chi connectivity index (χ1n) is 10.5. The quantitative estimate of drug-likeness (QED) is 0.343. The zero-order valence-electron chi connectivity index (χ0n) is 18.4. The Kier molecular flexibility index (Phi) is 4.94. The van der Waals surface area contributed by atoms with Crippen molar-refractivity contribution in [2.75, 3.05) is 5.32 Å². The molecule has 5 aromatic rings. The maximum atomic E-state index is 12.5. The number of H-pyrrole nitrogens is 1. The van der Waals surface area contributed by atoms with Crippen LogP contribution in [0.5, 0.6) is 5.75 Å². The Morgan fingerprint density at radius 1 is 0.970 bits per heavy atom. The van der Waals surface area contributed by atoms with Crippen LogP contribution in [0.4, 0.5) is 10.5 Å². The second-order valence-electron chi connectivity index (χ2n) is 8.01. The zero-order chi connectivity index (χ0) is 23.1. The largest absolute Gasteiger partial charge is 0.423 e. The molecule has 5 rings (SSSR count). The Morgan fingerprint density at radius 2 is 1.76 bits per heavy atom. The van der Waals surface area contributed by atoms with Gasteiger partial charge < -0.3 is 14.1 Å². The summed E-state index contributed by atoms with van der Waals surface area (Å²) in [7, 11) is 0. The van der Waals surface area contributed by atoms with Crippen LogP contribution >= 0.6 is 0 Å². The Balaban J connectivity index is 1.37. The number of rotatable bonds is 3. The van der Waals surface area contributed by atoms with E-state index in [1.165, 1.54) is 6.07 Å². The van der Waals surface area contributed by atoms with Crippen LogP contribution in [0.25, 0.3) is 33.4 Å². The van der Waals surface area contributed by atoms with Gasteiger partial charge in [-0.25, -0.2) is 14.6 Å². The minimum absolute atomic E-state index is 0.375. The number of carbonyl (C=O) groups excluding carboxylic acids is 1. The Bertz CT molecular complexity index is 1580. The van der Waals surface area contributed by atoms with Gasteiger partial charge in [0.1, 0.15) is 17.2 Å². The molecule has 0 atom stereocenters.